The van der Waals surface area contributed by atoms with Crippen molar-refractivity contribution in [1.82, 2.24) is 0 Å². The Morgan fingerprint density at radius 3 is 2.59 bits per heavy atom. The molecular formula is C16H24S. The quantitative estimate of drug-likeness (QED) is 0.555. The predicted molar refractivity (Wildman–Crippen MR) is 81.5 cm³/mol. The molecule has 1 unspecified atom stereocenters. The summed E-state index contributed by atoms with van der Waals surface area (Å²) in [7, 11) is 0. The molecule has 0 fully saturated rings. The molecule has 0 N–H and O–H groups in total. The Bertz CT molecular complexity index is 303. The Labute approximate surface area is 111 Å². The molecule has 17 heavy (non-hydrogen) atoms. The van der Waals surface area contributed by atoms with E-state index in [1.165, 1.54) is 37.0 Å². The minimum absolute atomic E-state index is 0.622. The number of hydrogen-bond acceptors (Lipinski definition) is 1. The highest BCUT2D eigenvalue weighted by atomic mass is 32.2. The lowest BCUT2D eigenvalue weighted by atomic mass is 10.2. The van der Waals surface area contributed by atoms with Crippen LogP contribution in [0.4, 0.5) is 0 Å². The lowest BCUT2D eigenvalue weighted by Crippen LogP contribution is -1.92. The molecule has 0 saturated carbocycles. The summed E-state index contributed by atoms with van der Waals surface area (Å²) in [5, 5.41) is 0.622. The number of thioether (sulfide) groups is 1. The van der Waals surface area contributed by atoms with Gasteiger partial charge in [-0.25, -0.2) is 0 Å². The lowest BCUT2D eigenvalue weighted by Gasteiger charge is -2.05. The van der Waals surface area contributed by atoms with Crippen molar-refractivity contribution >= 4 is 17.8 Å². The van der Waals surface area contributed by atoms with Crippen LogP contribution >= 0.6 is 11.8 Å². The van der Waals surface area contributed by atoms with Gasteiger partial charge in [0.1, 0.15) is 0 Å². The summed E-state index contributed by atoms with van der Waals surface area (Å²) < 4.78 is 0. The zero-order valence-corrected chi connectivity index (χ0v) is 11.9. The van der Waals surface area contributed by atoms with Gasteiger partial charge in [-0.2, -0.15) is 11.8 Å². The molecule has 94 valence electrons. The van der Waals surface area contributed by atoms with E-state index in [4.69, 9.17) is 0 Å². The molecule has 0 aliphatic rings. The number of unbranched alkanes of at least 4 members (excludes halogenated alkanes) is 3. The highest BCUT2D eigenvalue weighted by Crippen LogP contribution is 2.16. The van der Waals surface area contributed by atoms with Crippen LogP contribution in [-0.2, 0) is 0 Å². The molecule has 1 aromatic rings. The average Bonchev–Trinajstić information content (AvgIpc) is 2.37. The molecule has 0 aliphatic heterocycles. The molecule has 0 spiro atoms. The van der Waals surface area contributed by atoms with Gasteiger partial charge in [-0.1, -0.05) is 68.7 Å². The average molecular weight is 248 g/mol. The van der Waals surface area contributed by atoms with Gasteiger partial charge >= 0.3 is 0 Å². The van der Waals surface area contributed by atoms with Gasteiger partial charge in [0.2, 0.25) is 0 Å². The van der Waals surface area contributed by atoms with Gasteiger partial charge in [0, 0.05) is 5.25 Å². The molecule has 0 heterocycles. The van der Waals surface area contributed by atoms with E-state index in [0.29, 0.717) is 5.25 Å². The minimum atomic E-state index is 0.622. The summed E-state index contributed by atoms with van der Waals surface area (Å²) in [6.45, 7) is 4.54. The normalized spacial score (nSPS) is 13.1. The van der Waals surface area contributed by atoms with Gasteiger partial charge in [0.25, 0.3) is 0 Å². The van der Waals surface area contributed by atoms with Crippen LogP contribution in [0.3, 0.4) is 0 Å². The molecular weight excluding hydrogens is 224 g/mol. The fraction of sp³-hybridized carbons (Fsp3) is 0.500. The molecule has 1 heteroatoms. The predicted octanol–water partition coefficient (Wildman–Crippen LogP) is 5.40. The van der Waals surface area contributed by atoms with Gasteiger partial charge in [0.05, 0.1) is 0 Å². The standard InChI is InChI=1S/C16H24S/c1-3-4-5-9-14-17-15(2)12-13-16-10-7-6-8-11-16/h6-8,10-13,15H,3-5,9,14H2,1-2H3/b13-12+. The Balaban J connectivity index is 2.16. The van der Waals surface area contributed by atoms with Gasteiger partial charge in [0.15, 0.2) is 0 Å². The summed E-state index contributed by atoms with van der Waals surface area (Å²) in [4.78, 5) is 0. The molecule has 0 amide bonds. The summed E-state index contributed by atoms with van der Waals surface area (Å²) in [5.74, 6) is 1.29. The SMILES string of the molecule is CCCCCCSC(C)/C=C/c1ccccc1. The maximum absolute atomic E-state index is 2.31. The molecule has 0 bridgehead atoms. The third-order valence-electron chi connectivity index (χ3n) is 2.74. The first-order chi connectivity index (χ1) is 8.33. The summed E-state index contributed by atoms with van der Waals surface area (Å²) in [6, 6.07) is 10.5. The van der Waals surface area contributed by atoms with Crippen molar-refractivity contribution in [3.05, 3.63) is 42.0 Å². The van der Waals surface area contributed by atoms with E-state index in [1.807, 2.05) is 0 Å². The molecule has 1 rings (SSSR count). The highest BCUT2D eigenvalue weighted by Gasteiger charge is 1.97. The minimum Gasteiger partial charge on any atom is -0.155 e. The first-order valence-electron chi connectivity index (χ1n) is 6.67. The molecule has 0 aliphatic carbocycles. The maximum atomic E-state index is 2.31. The van der Waals surface area contributed by atoms with Crippen LogP contribution in [0.15, 0.2) is 36.4 Å². The Morgan fingerprint density at radius 1 is 1.12 bits per heavy atom. The topological polar surface area (TPSA) is 0 Å². The van der Waals surface area contributed by atoms with Gasteiger partial charge < -0.3 is 0 Å². The van der Waals surface area contributed by atoms with E-state index in [-0.39, 0.29) is 0 Å². The second-order valence-electron chi connectivity index (χ2n) is 4.41. The monoisotopic (exact) mass is 248 g/mol. The Kier molecular flexibility index (Phi) is 7.91. The summed E-state index contributed by atoms with van der Waals surface area (Å²) in [6.07, 6.45) is 9.99. The molecule has 0 radical (unpaired) electrons. The number of hydrogen-bond donors (Lipinski definition) is 0. The van der Waals surface area contributed by atoms with E-state index in [2.05, 4.69) is 68.1 Å². The first kappa shape index (κ1) is 14.4. The van der Waals surface area contributed by atoms with Crippen LogP contribution in [0, 0.1) is 0 Å². The summed E-state index contributed by atoms with van der Waals surface area (Å²) in [5.41, 5.74) is 1.30. The second kappa shape index (κ2) is 9.35. The molecule has 0 saturated heterocycles. The fourth-order valence-electron chi connectivity index (χ4n) is 1.66. The van der Waals surface area contributed by atoms with Crippen LogP contribution in [-0.4, -0.2) is 11.0 Å². The van der Waals surface area contributed by atoms with Crippen molar-refractivity contribution in [3.63, 3.8) is 0 Å². The van der Waals surface area contributed by atoms with Gasteiger partial charge in [-0.3, -0.25) is 0 Å². The summed E-state index contributed by atoms with van der Waals surface area (Å²) >= 11 is 2.06. The third-order valence-corrected chi connectivity index (χ3v) is 3.95. The van der Waals surface area contributed by atoms with E-state index in [9.17, 15) is 0 Å². The van der Waals surface area contributed by atoms with Crippen LogP contribution < -0.4 is 0 Å². The van der Waals surface area contributed by atoms with Crippen LogP contribution in [0.2, 0.25) is 0 Å². The lowest BCUT2D eigenvalue weighted by molar-refractivity contribution is 0.706. The zero-order valence-electron chi connectivity index (χ0n) is 11.1. The highest BCUT2D eigenvalue weighted by molar-refractivity contribution is 8.00. The smallest absolute Gasteiger partial charge is 0.0201 e. The van der Waals surface area contributed by atoms with Crippen molar-refractivity contribution in [2.45, 2.75) is 44.8 Å². The Hall–Kier alpha value is -0.690. The Morgan fingerprint density at radius 2 is 1.88 bits per heavy atom. The number of rotatable bonds is 8. The fourth-order valence-corrected chi connectivity index (χ4v) is 2.60. The molecule has 0 aromatic heterocycles. The van der Waals surface area contributed by atoms with Crippen molar-refractivity contribution in [2.75, 3.05) is 5.75 Å². The van der Waals surface area contributed by atoms with Gasteiger partial charge in [-0.15, -0.1) is 0 Å². The van der Waals surface area contributed by atoms with Crippen molar-refractivity contribution in [1.29, 1.82) is 0 Å². The van der Waals surface area contributed by atoms with Crippen LogP contribution in [0.5, 0.6) is 0 Å². The largest absolute Gasteiger partial charge is 0.155 e. The number of benzene rings is 1. The molecule has 0 nitrogen and oxygen atoms in total. The van der Waals surface area contributed by atoms with Crippen molar-refractivity contribution < 1.29 is 0 Å². The molecule has 1 atom stereocenters. The second-order valence-corrected chi connectivity index (χ2v) is 5.89. The van der Waals surface area contributed by atoms with E-state index in [1.54, 1.807) is 0 Å². The van der Waals surface area contributed by atoms with E-state index < -0.39 is 0 Å². The third kappa shape index (κ3) is 7.27. The van der Waals surface area contributed by atoms with Crippen molar-refractivity contribution in [2.24, 2.45) is 0 Å². The van der Waals surface area contributed by atoms with Gasteiger partial charge in [-0.05, 0) is 24.7 Å². The zero-order chi connectivity index (χ0) is 12.3. The van der Waals surface area contributed by atoms with E-state index in [0.717, 1.165) is 0 Å². The molecule has 1 aromatic carbocycles. The maximum Gasteiger partial charge on any atom is 0.0201 e. The van der Waals surface area contributed by atoms with Crippen LogP contribution in [0.25, 0.3) is 6.08 Å². The van der Waals surface area contributed by atoms with Crippen molar-refractivity contribution in [3.8, 4) is 0 Å². The van der Waals surface area contributed by atoms with Crippen LogP contribution in [0.1, 0.15) is 45.1 Å². The first-order valence-corrected chi connectivity index (χ1v) is 7.72. The van der Waals surface area contributed by atoms with E-state index >= 15 is 0 Å².